The van der Waals surface area contributed by atoms with E-state index in [4.69, 9.17) is 5.73 Å². The number of nitrogens with two attached hydrogens (primary N) is 1. The van der Waals surface area contributed by atoms with Gasteiger partial charge in [-0.25, -0.2) is 9.80 Å². The van der Waals surface area contributed by atoms with Crippen molar-refractivity contribution in [2.45, 2.75) is 32.6 Å². The first kappa shape index (κ1) is 10.3. The summed E-state index contributed by atoms with van der Waals surface area (Å²) in [6.45, 7) is 4.75. The van der Waals surface area contributed by atoms with Crippen LogP contribution in [0.2, 0.25) is 0 Å². The SMILES string of the molecule is CCCN(C(N)=O)N1CCCCC1. The van der Waals surface area contributed by atoms with Crippen molar-refractivity contribution in [3.8, 4) is 0 Å². The van der Waals surface area contributed by atoms with Gasteiger partial charge >= 0.3 is 6.03 Å². The quantitative estimate of drug-likeness (QED) is 0.717. The fourth-order valence-corrected chi connectivity index (χ4v) is 1.72. The Labute approximate surface area is 79.6 Å². The molecule has 1 fully saturated rings. The Bertz CT molecular complexity index is 166. The molecule has 0 bridgehead atoms. The summed E-state index contributed by atoms with van der Waals surface area (Å²) in [7, 11) is 0. The number of nitrogens with zero attached hydrogens (tertiary/aromatic N) is 2. The Balaban J connectivity index is 2.46. The van der Waals surface area contributed by atoms with Crippen LogP contribution in [0.15, 0.2) is 0 Å². The fourth-order valence-electron chi connectivity index (χ4n) is 1.72. The highest BCUT2D eigenvalue weighted by Gasteiger charge is 2.19. The average Bonchev–Trinajstić information content (AvgIpc) is 2.15. The molecule has 76 valence electrons. The first-order chi connectivity index (χ1) is 6.25. The smallest absolute Gasteiger partial charge is 0.329 e. The number of amides is 2. The van der Waals surface area contributed by atoms with Crippen molar-refractivity contribution < 1.29 is 4.79 Å². The van der Waals surface area contributed by atoms with Gasteiger partial charge in [0.25, 0.3) is 0 Å². The van der Waals surface area contributed by atoms with E-state index >= 15 is 0 Å². The summed E-state index contributed by atoms with van der Waals surface area (Å²) in [5.74, 6) is 0. The number of rotatable bonds is 3. The minimum atomic E-state index is -0.316. The van der Waals surface area contributed by atoms with E-state index < -0.39 is 0 Å². The number of piperidine rings is 1. The molecule has 0 radical (unpaired) electrons. The number of hydrogen-bond acceptors (Lipinski definition) is 2. The van der Waals surface area contributed by atoms with Crippen LogP contribution in [-0.2, 0) is 0 Å². The second-order valence-electron chi connectivity index (χ2n) is 3.48. The van der Waals surface area contributed by atoms with Crippen LogP contribution >= 0.6 is 0 Å². The predicted octanol–water partition coefficient (Wildman–Crippen LogP) is 1.18. The molecule has 4 heteroatoms. The summed E-state index contributed by atoms with van der Waals surface area (Å²) >= 11 is 0. The van der Waals surface area contributed by atoms with E-state index in [1.165, 1.54) is 19.3 Å². The van der Waals surface area contributed by atoms with Crippen molar-refractivity contribution in [1.82, 2.24) is 10.0 Å². The number of carbonyl (C=O) groups excluding carboxylic acids is 1. The molecule has 0 saturated carbocycles. The summed E-state index contributed by atoms with van der Waals surface area (Å²) in [5, 5.41) is 3.76. The van der Waals surface area contributed by atoms with Crippen LogP contribution in [0.1, 0.15) is 32.6 Å². The van der Waals surface area contributed by atoms with Gasteiger partial charge in [-0.1, -0.05) is 13.3 Å². The lowest BCUT2D eigenvalue weighted by atomic mass is 10.2. The molecule has 0 aromatic carbocycles. The molecule has 1 saturated heterocycles. The maximum absolute atomic E-state index is 11.1. The average molecular weight is 185 g/mol. The highest BCUT2D eigenvalue weighted by Crippen LogP contribution is 2.11. The van der Waals surface area contributed by atoms with E-state index in [1.54, 1.807) is 5.01 Å². The third-order valence-corrected chi connectivity index (χ3v) is 2.36. The van der Waals surface area contributed by atoms with E-state index in [0.717, 1.165) is 26.1 Å². The molecule has 2 amide bonds. The number of hydrazine groups is 1. The van der Waals surface area contributed by atoms with Crippen LogP contribution in [0.3, 0.4) is 0 Å². The van der Waals surface area contributed by atoms with Gasteiger partial charge in [0.05, 0.1) is 0 Å². The molecule has 2 N–H and O–H groups in total. The summed E-state index contributed by atoms with van der Waals surface area (Å²) in [6.07, 6.45) is 4.58. The van der Waals surface area contributed by atoms with Gasteiger partial charge in [0.1, 0.15) is 0 Å². The molecule has 1 aliphatic rings. The largest absolute Gasteiger partial charge is 0.350 e. The molecule has 0 atom stereocenters. The Morgan fingerprint density at radius 3 is 2.46 bits per heavy atom. The number of hydrogen-bond donors (Lipinski definition) is 1. The predicted molar refractivity (Wildman–Crippen MR) is 52.0 cm³/mol. The molecule has 13 heavy (non-hydrogen) atoms. The standard InChI is InChI=1S/C9H19N3O/c1-2-6-12(9(10)13)11-7-4-3-5-8-11/h2-8H2,1H3,(H2,10,13). The minimum Gasteiger partial charge on any atom is -0.350 e. The summed E-state index contributed by atoms with van der Waals surface area (Å²) in [5.41, 5.74) is 5.30. The van der Waals surface area contributed by atoms with Gasteiger partial charge in [0.2, 0.25) is 0 Å². The van der Waals surface area contributed by atoms with Crippen LogP contribution in [0, 0.1) is 0 Å². The molecule has 1 heterocycles. The van der Waals surface area contributed by atoms with Gasteiger partial charge < -0.3 is 5.73 Å². The molecule has 4 nitrogen and oxygen atoms in total. The maximum atomic E-state index is 11.1. The third-order valence-electron chi connectivity index (χ3n) is 2.36. The molecule has 0 aliphatic carbocycles. The van der Waals surface area contributed by atoms with Crippen LogP contribution in [0.5, 0.6) is 0 Å². The van der Waals surface area contributed by atoms with E-state index in [9.17, 15) is 4.79 Å². The van der Waals surface area contributed by atoms with Crippen molar-refractivity contribution in [2.75, 3.05) is 19.6 Å². The number of urea groups is 1. The first-order valence-electron chi connectivity index (χ1n) is 5.07. The molecule has 1 aliphatic heterocycles. The van der Waals surface area contributed by atoms with Crippen LogP contribution in [0.25, 0.3) is 0 Å². The van der Waals surface area contributed by atoms with Crippen molar-refractivity contribution in [3.05, 3.63) is 0 Å². The normalized spacial score (nSPS) is 18.5. The Morgan fingerprint density at radius 2 is 2.00 bits per heavy atom. The van der Waals surface area contributed by atoms with Gasteiger partial charge in [-0.2, -0.15) is 0 Å². The number of primary amides is 1. The van der Waals surface area contributed by atoms with E-state index in [0.29, 0.717) is 0 Å². The van der Waals surface area contributed by atoms with E-state index in [1.807, 2.05) is 0 Å². The van der Waals surface area contributed by atoms with Crippen molar-refractivity contribution in [3.63, 3.8) is 0 Å². The molecular formula is C9H19N3O. The zero-order chi connectivity index (χ0) is 9.68. The zero-order valence-electron chi connectivity index (χ0n) is 8.33. The topological polar surface area (TPSA) is 49.6 Å². The molecule has 1 rings (SSSR count). The van der Waals surface area contributed by atoms with Crippen molar-refractivity contribution >= 4 is 6.03 Å². The monoisotopic (exact) mass is 185 g/mol. The Hall–Kier alpha value is -0.770. The highest BCUT2D eigenvalue weighted by molar-refractivity contribution is 5.71. The summed E-state index contributed by atoms with van der Waals surface area (Å²) in [6, 6.07) is -0.316. The minimum absolute atomic E-state index is 0.316. The summed E-state index contributed by atoms with van der Waals surface area (Å²) in [4.78, 5) is 11.1. The molecular weight excluding hydrogens is 166 g/mol. The van der Waals surface area contributed by atoms with Crippen LogP contribution in [0.4, 0.5) is 4.79 Å². The third kappa shape index (κ3) is 2.88. The van der Waals surface area contributed by atoms with E-state index in [-0.39, 0.29) is 6.03 Å². The second kappa shape index (κ2) is 5.07. The Morgan fingerprint density at radius 1 is 1.38 bits per heavy atom. The van der Waals surface area contributed by atoms with Gasteiger partial charge in [-0.05, 0) is 19.3 Å². The van der Waals surface area contributed by atoms with E-state index in [2.05, 4.69) is 11.9 Å². The van der Waals surface area contributed by atoms with Gasteiger partial charge in [0, 0.05) is 19.6 Å². The molecule has 0 unspecified atom stereocenters. The van der Waals surface area contributed by atoms with Crippen molar-refractivity contribution in [2.24, 2.45) is 5.73 Å². The van der Waals surface area contributed by atoms with Gasteiger partial charge in [0.15, 0.2) is 0 Å². The van der Waals surface area contributed by atoms with Crippen molar-refractivity contribution in [1.29, 1.82) is 0 Å². The molecule has 0 spiro atoms. The first-order valence-corrected chi connectivity index (χ1v) is 5.07. The number of carbonyl (C=O) groups is 1. The molecule has 0 aromatic rings. The van der Waals surface area contributed by atoms with Crippen LogP contribution < -0.4 is 5.73 Å². The molecule has 0 aromatic heterocycles. The lowest BCUT2D eigenvalue weighted by Gasteiger charge is -2.36. The van der Waals surface area contributed by atoms with Gasteiger partial charge in [-0.15, -0.1) is 0 Å². The Kier molecular flexibility index (Phi) is 4.02. The van der Waals surface area contributed by atoms with Crippen LogP contribution in [-0.4, -0.2) is 35.7 Å². The highest BCUT2D eigenvalue weighted by atomic mass is 16.2. The fraction of sp³-hybridized carbons (Fsp3) is 0.889. The summed E-state index contributed by atoms with van der Waals surface area (Å²) < 4.78 is 0. The maximum Gasteiger partial charge on any atom is 0.329 e. The lowest BCUT2D eigenvalue weighted by molar-refractivity contribution is 0.00199. The zero-order valence-corrected chi connectivity index (χ0v) is 8.33. The van der Waals surface area contributed by atoms with Gasteiger partial charge in [-0.3, -0.25) is 5.01 Å². The second-order valence-corrected chi connectivity index (χ2v) is 3.48. The lowest BCUT2D eigenvalue weighted by Crippen LogP contribution is -2.51.